The van der Waals surface area contributed by atoms with E-state index in [0.29, 0.717) is 29.0 Å². The molecule has 0 spiro atoms. The Labute approximate surface area is 143 Å². The molecule has 0 radical (unpaired) electrons. The lowest BCUT2D eigenvalue weighted by atomic mass is 10.2. The van der Waals surface area contributed by atoms with Crippen LogP contribution in [-0.4, -0.2) is 49.3 Å². The number of esters is 1. The van der Waals surface area contributed by atoms with Gasteiger partial charge in [0.05, 0.1) is 25.7 Å². The summed E-state index contributed by atoms with van der Waals surface area (Å²) in [5, 5.41) is 10.9. The third kappa shape index (κ3) is 5.27. The molecular weight excluding hydrogens is 334 g/mol. The van der Waals surface area contributed by atoms with Crippen molar-refractivity contribution in [3.05, 3.63) is 23.8 Å². The number of amidine groups is 1. The third-order valence-corrected chi connectivity index (χ3v) is 3.64. The Hall–Kier alpha value is -2.55. The van der Waals surface area contributed by atoms with Crippen molar-refractivity contribution in [2.45, 2.75) is 6.92 Å². The lowest BCUT2D eigenvalue weighted by molar-refractivity contribution is -0.145. The quantitative estimate of drug-likeness (QED) is 0.450. The molecule has 0 saturated carbocycles. The van der Waals surface area contributed by atoms with E-state index in [1.165, 1.54) is 25.1 Å². The van der Waals surface area contributed by atoms with Gasteiger partial charge in [-0.15, -0.1) is 5.10 Å². The molecular formula is C15H17N3O5S. The van der Waals surface area contributed by atoms with Gasteiger partial charge in [-0.2, -0.15) is 5.10 Å². The molecule has 1 fully saturated rings. The zero-order chi connectivity index (χ0) is 17.4. The third-order valence-electron chi connectivity index (χ3n) is 2.78. The normalized spacial score (nSPS) is 15.6. The first-order chi connectivity index (χ1) is 11.6. The van der Waals surface area contributed by atoms with Crippen LogP contribution in [0.2, 0.25) is 0 Å². The second kappa shape index (κ2) is 8.92. The Morgan fingerprint density at radius 3 is 2.92 bits per heavy atom. The molecule has 2 rings (SSSR count). The Morgan fingerprint density at radius 1 is 1.42 bits per heavy atom. The summed E-state index contributed by atoms with van der Waals surface area (Å²) in [4.78, 5) is 22.3. The highest BCUT2D eigenvalue weighted by Gasteiger charge is 2.16. The standard InChI is InChI=1S/C15H17N3O5S/c1-3-22-14(20)8-23-11-5-4-10(6-12(11)21-2)7-16-18-15-17-13(19)9-24-15/h4-7H,3,8-9H2,1-2H3,(H,17,18,19). The molecule has 1 amide bonds. The smallest absolute Gasteiger partial charge is 0.344 e. The van der Waals surface area contributed by atoms with E-state index in [1.807, 2.05) is 0 Å². The van der Waals surface area contributed by atoms with Gasteiger partial charge in [-0.05, 0) is 30.7 Å². The average Bonchev–Trinajstić information content (AvgIpc) is 2.99. The van der Waals surface area contributed by atoms with Gasteiger partial charge in [-0.1, -0.05) is 11.8 Å². The van der Waals surface area contributed by atoms with Gasteiger partial charge in [0.2, 0.25) is 5.91 Å². The molecule has 0 atom stereocenters. The van der Waals surface area contributed by atoms with E-state index in [4.69, 9.17) is 14.2 Å². The SMILES string of the molecule is CCOC(=O)COc1ccc(C=NN=C2NC(=O)CS2)cc1OC. The lowest BCUT2D eigenvalue weighted by Crippen LogP contribution is -2.19. The van der Waals surface area contributed by atoms with Crippen LogP contribution in [0.15, 0.2) is 28.4 Å². The van der Waals surface area contributed by atoms with Crippen molar-refractivity contribution in [2.75, 3.05) is 26.1 Å². The number of nitrogens with zero attached hydrogens (tertiary/aromatic N) is 2. The zero-order valence-electron chi connectivity index (χ0n) is 13.3. The van der Waals surface area contributed by atoms with E-state index in [2.05, 4.69) is 15.5 Å². The van der Waals surface area contributed by atoms with Crippen molar-refractivity contribution in [3.8, 4) is 11.5 Å². The predicted molar refractivity (Wildman–Crippen MR) is 90.8 cm³/mol. The molecule has 0 aliphatic carbocycles. The molecule has 9 heteroatoms. The minimum atomic E-state index is -0.447. The highest BCUT2D eigenvalue weighted by Crippen LogP contribution is 2.27. The summed E-state index contributed by atoms with van der Waals surface area (Å²) in [6.07, 6.45) is 1.52. The van der Waals surface area contributed by atoms with Gasteiger partial charge in [-0.3, -0.25) is 4.79 Å². The van der Waals surface area contributed by atoms with Gasteiger partial charge in [0.1, 0.15) is 0 Å². The zero-order valence-corrected chi connectivity index (χ0v) is 14.1. The van der Waals surface area contributed by atoms with Gasteiger partial charge in [-0.25, -0.2) is 4.79 Å². The van der Waals surface area contributed by atoms with Crippen LogP contribution < -0.4 is 14.8 Å². The fourth-order valence-electron chi connectivity index (χ4n) is 1.75. The van der Waals surface area contributed by atoms with E-state index in [9.17, 15) is 9.59 Å². The second-order valence-corrected chi connectivity index (χ2v) is 5.45. The fraction of sp³-hybridized carbons (Fsp3) is 0.333. The highest BCUT2D eigenvalue weighted by molar-refractivity contribution is 8.15. The number of nitrogens with one attached hydrogen (secondary N) is 1. The van der Waals surface area contributed by atoms with E-state index in [-0.39, 0.29) is 12.5 Å². The Kier molecular flexibility index (Phi) is 6.62. The van der Waals surface area contributed by atoms with Crippen LogP contribution in [0.5, 0.6) is 11.5 Å². The summed E-state index contributed by atoms with van der Waals surface area (Å²) in [5.41, 5.74) is 0.731. The van der Waals surface area contributed by atoms with Crippen molar-refractivity contribution in [1.29, 1.82) is 0 Å². The molecule has 24 heavy (non-hydrogen) atoms. The topological polar surface area (TPSA) is 98.6 Å². The van der Waals surface area contributed by atoms with Crippen LogP contribution >= 0.6 is 11.8 Å². The summed E-state index contributed by atoms with van der Waals surface area (Å²) in [7, 11) is 1.50. The Balaban J connectivity index is 2.00. The van der Waals surface area contributed by atoms with Crippen molar-refractivity contribution in [2.24, 2.45) is 10.2 Å². The molecule has 1 saturated heterocycles. The molecule has 8 nitrogen and oxygen atoms in total. The van der Waals surface area contributed by atoms with Crippen LogP contribution in [-0.2, 0) is 14.3 Å². The molecule has 1 heterocycles. The summed E-state index contributed by atoms with van der Waals surface area (Å²) < 4.78 is 15.4. The lowest BCUT2D eigenvalue weighted by Gasteiger charge is -2.10. The number of methoxy groups -OCH3 is 1. The summed E-state index contributed by atoms with van der Waals surface area (Å²) in [6.45, 7) is 1.84. The van der Waals surface area contributed by atoms with E-state index in [1.54, 1.807) is 25.1 Å². The molecule has 0 unspecified atom stereocenters. The van der Waals surface area contributed by atoms with Crippen molar-refractivity contribution in [3.63, 3.8) is 0 Å². The van der Waals surface area contributed by atoms with Gasteiger partial charge in [0.15, 0.2) is 23.3 Å². The highest BCUT2D eigenvalue weighted by atomic mass is 32.2. The minimum Gasteiger partial charge on any atom is -0.493 e. The van der Waals surface area contributed by atoms with Gasteiger partial charge >= 0.3 is 5.97 Å². The van der Waals surface area contributed by atoms with Crippen LogP contribution in [0.1, 0.15) is 12.5 Å². The molecule has 1 aromatic rings. The number of amides is 1. The Morgan fingerprint density at radius 2 is 2.25 bits per heavy atom. The number of carbonyl (C=O) groups excluding carboxylic acids is 2. The molecule has 1 aliphatic heterocycles. The van der Waals surface area contributed by atoms with Gasteiger partial charge in [0.25, 0.3) is 0 Å². The molecule has 1 aliphatic rings. The number of hydrogen-bond donors (Lipinski definition) is 1. The maximum absolute atomic E-state index is 11.3. The Bertz CT molecular complexity index is 675. The van der Waals surface area contributed by atoms with Crippen LogP contribution in [0.3, 0.4) is 0 Å². The number of rotatable bonds is 7. The number of benzene rings is 1. The first kappa shape index (κ1) is 17.8. The molecule has 128 valence electrons. The average molecular weight is 351 g/mol. The van der Waals surface area contributed by atoms with Gasteiger partial charge < -0.3 is 19.5 Å². The van der Waals surface area contributed by atoms with Crippen LogP contribution in [0.4, 0.5) is 0 Å². The number of carbonyl (C=O) groups is 2. The van der Waals surface area contributed by atoms with Crippen molar-refractivity contribution < 1.29 is 23.8 Å². The number of thioether (sulfide) groups is 1. The minimum absolute atomic E-state index is 0.0845. The summed E-state index contributed by atoms with van der Waals surface area (Å²) in [5.74, 6) is 0.706. The van der Waals surface area contributed by atoms with E-state index >= 15 is 0 Å². The van der Waals surface area contributed by atoms with Crippen LogP contribution in [0, 0.1) is 0 Å². The monoisotopic (exact) mass is 351 g/mol. The largest absolute Gasteiger partial charge is 0.493 e. The predicted octanol–water partition coefficient (Wildman–Crippen LogP) is 1.19. The summed E-state index contributed by atoms with van der Waals surface area (Å²) in [6, 6.07) is 5.11. The van der Waals surface area contributed by atoms with E-state index in [0.717, 1.165) is 5.56 Å². The second-order valence-electron chi connectivity index (χ2n) is 4.49. The van der Waals surface area contributed by atoms with Crippen molar-refractivity contribution >= 4 is 35.0 Å². The first-order valence-corrected chi connectivity index (χ1v) is 8.11. The first-order valence-electron chi connectivity index (χ1n) is 7.12. The maximum atomic E-state index is 11.3. The van der Waals surface area contributed by atoms with Gasteiger partial charge in [0, 0.05) is 0 Å². The summed E-state index contributed by atoms with van der Waals surface area (Å²) >= 11 is 1.30. The molecule has 1 aromatic carbocycles. The van der Waals surface area contributed by atoms with E-state index < -0.39 is 5.97 Å². The molecule has 0 bridgehead atoms. The van der Waals surface area contributed by atoms with Crippen LogP contribution in [0.25, 0.3) is 0 Å². The number of ether oxygens (including phenoxy) is 3. The number of hydrogen-bond acceptors (Lipinski definition) is 8. The van der Waals surface area contributed by atoms with Crippen molar-refractivity contribution in [1.82, 2.24) is 5.32 Å². The maximum Gasteiger partial charge on any atom is 0.344 e. The molecule has 0 aromatic heterocycles. The molecule has 1 N–H and O–H groups in total. The fourth-order valence-corrected chi connectivity index (χ4v) is 2.38.